The summed E-state index contributed by atoms with van der Waals surface area (Å²) in [6.07, 6.45) is 0. The van der Waals surface area contributed by atoms with Gasteiger partial charge in [0.2, 0.25) is 0 Å². The minimum atomic E-state index is -0.613. The van der Waals surface area contributed by atoms with E-state index >= 15 is 0 Å². The predicted molar refractivity (Wildman–Crippen MR) is 107 cm³/mol. The van der Waals surface area contributed by atoms with Crippen LogP contribution in [0.4, 0.5) is 0 Å². The number of hydrogen-bond acceptors (Lipinski definition) is 6. The second kappa shape index (κ2) is 9.05. The van der Waals surface area contributed by atoms with Crippen LogP contribution in [-0.4, -0.2) is 25.0 Å². The molecule has 0 aliphatic carbocycles. The highest BCUT2D eigenvalue weighted by atomic mass is 16.5. The van der Waals surface area contributed by atoms with Crippen molar-refractivity contribution in [3.05, 3.63) is 75.6 Å². The van der Waals surface area contributed by atoms with Crippen LogP contribution in [0.25, 0.3) is 11.0 Å². The number of esters is 1. The first-order valence-corrected chi connectivity index (χ1v) is 9.16. The van der Waals surface area contributed by atoms with Crippen LogP contribution in [-0.2, 0) is 16.1 Å². The van der Waals surface area contributed by atoms with Gasteiger partial charge in [0.05, 0.1) is 6.61 Å². The lowest BCUT2D eigenvalue weighted by Crippen LogP contribution is -2.30. The summed E-state index contributed by atoms with van der Waals surface area (Å²) >= 11 is 0. The third-order valence-corrected chi connectivity index (χ3v) is 4.20. The summed E-state index contributed by atoms with van der Waals surface area (Å²) in [5.41, 5.74) is 1.82. The topological polar surface area (TPSA) is 94.8 Å². The summed E-state index contributed by atoms with van der Waals surface area (Å²) in [7, 11) is 0. The van der Waals surface area contributed by atoms with E-state index in [2.05, 4.69) is 5.32 Å². The molecule has 0 bridgehead atoms. The Bertz CT molecular complexity index is 1080. The quantitative estimate of drug-likeness (QED) is 0.488. The van der Waals surface area contributed by atoms with Crippen LogP contribution in [0.2, 0.25) is 0 Å². The zero-order chi connectivity index (χ0) is 20.8. The van der Waals surface area contributed by atoms with E-state index in [0.29, 0.717) is 34.5 Å². The number of amides is 1. The van der Waals surface area contributed by atoms with Crippen LogP contribution in [0, 0.1) is 6.92 Å². The van der Waals surface area contributed by atoms with Crippen molar-refractivity contribution in [3.8, 4) is 5.75 Å². The lowest BCUT2D eigenvalue weighted by molar-refractivity contribution is -0.143. The number of aryl methyl sites for hydroxylation is 1. The molecule has 0 saturated carbocycles. The van der Waals surface area contributed by atoms with Crippen molar-refractivity contribution in [2.45, 2.75) is 20.5 Å². The molecular formula is C22H21NO6. The molecule has 1 aromatic heterocycles. The molecular weight excluding hydrogens is 374 g/mol. The average Bonchev–Trinajstić information content (AvgIpc) is 2.70. The minimum absolute atomic E-state index is 0.0943. The first-order chi connectivity index (χ1) is 14.0. The molecule has 0 aliphatic heterocycles. The Morgan fingerprint density at radius 3 is 2.55 bits per heavy atom. The molecule has 0 spiro atoms. The molecule has 0 saturated heterocycles. The second-order valence-corrected chi connectivity index (χ2v) is 6.39. The highest BCUT2D eigenvalue weighted by Gasteiger charge is 2.11. The number of carbonyl (C=O) groups excluding carboxylic acids is 2. The van der Waals surface area contributed by atoms with E-state index in [1.54, 1.807) is 30.3 Å². The molecule has 3 rings (SSSR count). The van der Waals surface area contributed by atoms with E-state index in [1.807, 2.05) is 26.0 Å². The number of ether oxygens (including phenoxy) is 2. The lowest BCUT2D eigenvalue weighted by Gasteiger charge is -2.09. The third-order valence-electron chi connectivity index (χ3n) is 4.20. The molecule has 1 amide bonds. The number of hydrogen-bond donors (Lipinski definition) is 1. The first-order valence-electron chi connectivity index (χ1n) is 9.16. The zero-order valence-electron chi connectivity index (χ0n) is 16.2. The van der Waals surface area contributed by atoms with Crippen LogP contribution in [0.15, 0.2) is 57.7 Å². The Morgan fingerprint density at radius 2 is 1.83 bits per heavy atom. The number of carbonyl (C=O) groups is 2. The van der Waals surface area contributed by atoms with Crippen LogP contribution in [0.5, 0.6) is 5.75 Å². The normalized spacial score (nSPS) is 10.6. The lowest BCUT2D eigenvalue weighted by atomic mass is 10.1. The largest absolute Gasteiger partial charge is 0.494 e. The van der Waals surface area contributed by atoms with Crippen molar-refractivity contribution in [1.82, 2.24) is 5.32 Å². The van der Waals surface area contributed by atoms with E-state index in [0.717, 1.165) is 5.56 Å². The van der Waals surface area contributed by atoms with Crippen molar-refractivity contribution in [3.63, 3.8) is 0 Å². The van der Waals surface area contributed by atoms with Gasteiger partial charge in [-0.3, -0.25) is 9.59 Å². The van der Waals surface area contributed by atoms with Gasteiger partial charge in [-0.15, -0.1) is 0 Å². The van der Waals surface area contributed by atoms with Gasteiger partial charge >= 0.3 is 11.6 Å². The molecule has 0 aliphatic rings. The summed E-state index contributed by atoms with van der Waals surface area (Å²) in [5, 5.41) is 3.20. The van der Waals surface area contributed by atoms with Gasteiger partial charge in [0.25, 0.3) is 5.91 Å². The molecule has 2 aromatic carbocycles. The molecule has 1 N–H and O–H groups in total. The SMILES string of the molecule is CCOc1ccc(C(=O)NCC(=O)OCc2cc(=O)oc3cc(C)ccc23)cc1. The van der Waals surface area contributed by atoms with E-state index < -0.39 is 17.5 Å². The molecule has 150 valence electrons. The average molecular weight is 395 g/mol. The van der Waals surface area contributed by atoms with E-state index in [1.165, 1.54) is 6.07 Å². The van der Waals surface area contributed by atoms with Crippen molar-refractivity contribution in [2.75, 3.05) is 13.2 Å². The van der Waals surface area contributed by atoms with E-state index in [9.17, 15) is 14.4 Å². The van der Waals surface area contributed by atoms with Crippen molar-refractivity contribution in [2.24, 2.45) is 0 Å². The van der Waals surface area contributed by atoms with Gasteiger partial charge in [0.1, 0.15) is 24.5 Å². The smallest absolute Gasteiger partial charge is 0.336 e. The van der Waals surface area contributed by atoms with E-state index in [4.69, 9.17) is 13.9 Å². The summed E-state index contributed by atoms with van der Waals surface area (Å²) in [5.74, 6) is -0.345. The molecule has 1 heterocycles. The molecule has 7 heteroatoms. The first kappa shape index (κ1) is 20.1. The maximum absolute atomic E-state index is 12.1. The van der Waals surface area contributed by atoms with Gasteiger partial charge < -0.3 is 19.2 Å². The number of benzene rings is 2. The fourth-order valence-corrected chi connectivity index (χ4v) is 2.79. The maximum Gasteiger partial charge on any atom is 0.336 e. The predicted octanol–water partition coefficient (Wildman–Crippen LogP) is 2.97. The van der Waals surface area contributed by atoms with Gasteiger partial charge in [0, 0.05) is 22.6 Å². The van der Waals surface area contributed by atoms with Gasteiger partial charge in [-0.1, -0.05) is 12.1 Å². The Balaban J connectivity index is 1.57. The molecule has 0 atom stereocenters. The second-order valence-electron chi connectivity index (χ2n) is 6.39. The van der Waals surface area contributed by atoms with Crippen molar-refractivity contribution in [1.29, 1.82) is 0 Å². The standard InChI is InChI=1S/C22H21NO6/c1-3-27-17-7-5-15(6-8-17)22(26)23-12-21(25)28-13-16-11-20(24)29-19-10-14(2)4-9-18(16)19/h4-11H,3,12-13H2,1-2H3,(H,23,26). The number of rotatable bonds is 7. The molecule has 7 nitrogen and oxygen atoms in total. The van der Waals surface area contributed by atoms with Gasteiger partial charge in [-0.2, -0.15) is 0 Å². The molecule has 29 heavy (non-hydrogen) atoms. The fourth-order valence-electron chi connectivity index (χ4n) is 2.79. The highest BCUT2D eigenvalue weighted by Crippen LogP contribution is 2.19. The van der Waals surface area contributed by atoms with E-state index in [-0.39, 0.29) is 13.2 Å². The molecule has 0 unspecified atom stereocenters. The highest BCUT2D eigenvalue weighted by molar-refractivity contribution is 5.96. The Kier molecular flexibility index (Phi) is 6.29. The number of nitrogens with one attached hydrogen (secondary N) is 1. The summed E-state index contributed by atoms with van der Waals surface area (Å²) in [6, 6.07) is 13.3. The van der Waals surface area contributed by atoms with Crippen molar-refractivity contribution >= 4 is 22.8 Å². The van der Waals surface area contributed by atoms with Crippen LogP contribution in [0.1, 0.15) is 28.4 Å². The Morgan fingerprint density at radius 1 is 1.07 bits per heavy atom. The maximum atomic E-state index is 12.1. The van der Waals surface area contributed by atoms with Gasteiger partial charge in [0.15, 0.2) is 0 Å². The monoisotopic (exact) mass is 395 g/mol. The van der Waals surface area contributed by atoms with Crippen molar-refractivity contribution < 1.29 is 23.5 Å². The van der Waals surface area contributed by atoms with Crippen LogP contribution in [0.3, 0.4) is 0 Å². The summed E-state index contributed by atoms with van der Waals surface area (Å²) in [6.45, 7) is 3.92. The molecule has 3 aromatic rings. The molecule has 0 fully saturated rings. The zero-order valence-corrected chi connectivity index (χ0v) is 16.2. The summed E-state index contributed by atoms with van der Waals surface area (Å²) in [4.78, 5) is 35.9. The van der Waals surface area contributed by atoms with Gasteiger partial charge in [-0.25, -0.2) is 4.79 Å². The summed E-state index contributed by atoms with van der Waals surface area (Å²) < 4.78 is 15.7. The van der Waals surface area contributed by atoms with Crippen LogP contribution >= 0.6 is 0 Å². The van der Waals surface area contributed by atoms with Crippen LogP contribution < -0.4 is 15.7 Å². The fraction of sp³-hybridized carbons (Fsp3) is 0.227. The number of fused-ring (bicyclic) bond motifs is 1. The third kappa shape index (κ3) is 5.22. The minimum Gasteiger partial charge on any atom is -0.494 e. The molecule has 0 radical (unpaired) electrons. The Labute approximate surface area is 167 Å². The Hall–Kier alpha value is -3.61. The van der Waals surface area contributed by atoms with Gasteiger partial charge in [-0.05, 0) is 49.7 Å².